The van der Waals surface area contributed by atoms with Crippen molar-refractivity contribution in [3.63, 3.8) is 0 Å². The summed E-state index contributed by atoms with van der Waals surface area (Å²) in [4.78, 5) is 28.5. The van der Waals surface area contributed by atoms with Crippen LogP contribution >= 0.6 is 0 Å². The number of aryl methyl sites for hydroxylation is 1. The Labute approximate surface area is 223 Å². The summed E-state index contributed by atoms with van der Waals surface area (Å²) < 4.78 is 1.78. The van der Waals surface area contributed by atoms with Crippen molar-refractivity contribution in [1.82, 2.24) is 25.3 Å². The average molecular weight is 508 g/mol. The highest BCUT2D eigenvalue weighted by Crippen LogP contribution is 2.25. The van der Waals surface area contributed by atoms with Crippen molar-refractivity contribution in [3.8, 4) is 16.9 Å². The van der Waals surface area contributed by atoms with E-state index in [1.54, 1.807) is 22.9 Å². The lowest BCUT2D eigenvalue weighted by atomic mass is 10.1. The lowest BCUT2D eigenvalue weighted by Crippen LogP contribution is -2.36. The SMILES string of the molecule is Cc1ccc(C(=O)NC(=Cc2cn(-c3ccccc3)nc2-c2ccccc2)C(=O)NCCCN(C)C)cc1. The molecule has 0 aliphatic heterocycles. The second-order valence-electron chi connectivity index (χ2n) is 9.37. The third-order valence-electron chi connectivity index (χ3n) is 5.98. The van der Waals surface area contributed by atoms with Crippen LogP contribution in [0.25, 0.3) is 23.0 Å². The Hall–Kier alpha value is -4.49. The molecule has 0 aliphatic carbocycles. The Morgan fingerprint density at radius 2 is 1.58 bits per heavy atom. The number of carbonyl (C=O) groups is 2. The van der Waals surface area contributed by atoms with E-state index in [1.165, 1.54) is 0 Å². The minimum Gasteiger partial charge on any atom is -0.351 e. The molecule has 7 heteroatoms. The van der Waals surface area contributed by atoms with E-state index >= 15 is 0 Å². The minimum atomic E-state index is -0.351. The first kappa shape index (κ1) is 26.6. The molecule has 194 valence electrons. The number of rotatable bonds is 10. The van der Waals surface area contributed by atoms with E-state index < -0.39 is 0 Å². The molecule has 0 fully saturated rings. The van der Waals surface area contributed by atoms with Gasteiger partial charge in [-0.05, 0) is 64.3 Å². The largest absolute Gasteiger partial charge is 0.351 e. The predicted octanol–water partition coefficient (Wildman–Crippen LogP) is 4.69. The number of benzene rings is 3. The van der Waals surface area contributed by atoms with Crippen molar-refractivity contribution >= 4 is 17.9 Å². The van der Waals surface area contributed by atoms with Crippen LogP contribution in [-0.2, 0) is 4.79 Å². The van der Waals surface area contributed by atoms with E-state index in [-0.39, 0.29) is 17.5 Å². The van der Waals surface area contributed by atoms with Crippen molar-refractivity contribution in [2.75, 3.05) is 27.2 Å². The zero-order valence-electron chi connectivity index (χ0n) is 22.0. The van der Waals surface area contributed by atoms with E-state index in [2.05, 4.69) is 15.5 Å². The van der Waals surface area contributed by atoms with Crippen LogP contribution in [0, 0.1) is 6.92 Å². The van der Waals surface area contributed by atoms with Crippen LogP contribution in [0.4, 0.5) is 0 Å². The summed E-state index contributed by atoms with van der Waals surface area (Å²) in [7, 11) is 3.98. The van der Waals surface area contributed by atoms with Crippen LogP contribution in [0.3, 0.4) is 0 Å². The summed E-state index contributed by atoms with van der Waals surface area (Å²) in [6, 6.07) is 26.8. The third kappa shape index (κ3) is 7.05. The van der Waals surface area contributed by atoms with Gasteiger partial charge < -0.3 is 15.5 Å². The molecule has 0 aliphatic rings. The molecule has 1 heterocycles. The lowest BCUT2D eigenvalue weighted by Gasteiger charge is -2.13. The molecule has 0 saturated carbocycles. The van der Waals surface area contributed by atoms with E-state index in [4.69, 9.17) is 5.10 Å². The van der Waals surface area contributed by atoms with Crippen LogP contribution in [0.15, 0.2) is 96.8 Å². The smallest absolute Gasteiger partial charge is 0.267 e. The highest BCUT2D eigenvalue weighted by molar-refractivity contribution is 6.05. The van der Waals surface area contributed by atoms with E-state index in [0.29, 0.717) is 23.4 Å². The highest BCUT2D eigenvalue weighted by Gasteiger charge is 2.18. The van der Waals surface area contributed by atoms with Gasteiger partial charge >= 0.3 is 0 Å². The van der Waals surface area contributed by atoms with Crippen molar-refractivity contribution in [2.24, 2.45) is 0 Å². The van der Waals surface area contributed by atoms with Crippen LogP contribution in [-0.4, -0.2) is 53.7 Å². The fraction of sp³-hybridized carbons (Fsp3) is 0.194. The van der Waals surface area contributed by atoms with Gasteiger partial charge in [-0.15, -0.1) is 0 Å². The average Bonchev–Trinajstić information content (AvgIpc) is 3.35. The first-order chi connectivity index (χ1) is 18.4. The number of amides is 2. The fourth-order valence-corrected chi connectivity index (χ4v) is 3.93. The fourth-order valence-electron chi connectivity index (χ4n) is 3.93. The number of nitrogens with zero attached hydrogens (tertiary/aromatic N) is 3. The monoisotopic (exact) mass is 507 g/mol. The topological polar surface area (TPSA) is 79.3 Å². The molecule has 0 radical (unpaired) electrons. The van der Waals surface area contributed by atoms with Crippen molar-refractivity contribution in [1.29, 1.82) is 0 Å². The summed E-state index contributed by atoms with van der Waals surface area (Å²) in [5, 5.41) is 10.6. The molecule has 4 aromatic rings. The summed E-state index contributed by atoms with van der Waals surface area (Å²) in [5.74, 6) is -0.702. The molecule has 3 aromatic carbocycles. The van der Waals surface area contributed by atoms with Crippen molar-refractivity contribution in [3.05, 3.63) is 114 Å². The molecule has 1 aromatic heterocycles. The van der Waals surface area contributed by atoms with Gasteiger partial charge in [0.1, 0.15) is 11.4 Å². The standard InChI is InChI=1S/C31H33N5O2/c1-23-15-17-25(18-16-23)30(37)33-28(31(38)32-19-10-20-35(2)3)21-26-22-36(27-13-8-5-9-14-27)34-29(26)24-11-6-4-7-12-24/h4-9,11-18,21-22H,10,19-20H2,1-3H3,(H,32,38)(H,33,37). The molecular weight excluding hydrogens is 474 g/mol. The molecule has 38 heavy (non-hydrogen) atoms. The zero-order chi connectivity index (χ0) is 26.9. The lowest BCUT2D eigenvalue weighted by molar-refractivity contribution is -0.117. The summed E-state index contributed by atoms with van der Waals surface area (Å²) in [5.41, 5.74) is 4.90. The Bertz CT molecular complexity index is 1390. The molecule has 4 rings (SSSR count). The molecule has 7 nitrogen and oxygen atoms in total. The van der Waals surface area contributed by atoms with E-state index in [0.717, 1.165) is 29.8 Å². The van der Waals surface area contributed by atoms with Gasteiger partial charge in [0, 0.05) is 29.4 Å². The normalized spacial score (nSPS) is 11.4. The van der Waals surface area contributed by atoms with Crippen LogP contribution < -0.4 is 10.6 Å². The maximum Gasteiger partial charge on any atom is 0.267 e. The van der Waals surface area contributed by atoms with Gasteiger partial charge in [-0.2, -0.15) is 5.10 Å². The number of hydrogen-bond acceptors (Lipinski definition) is 4. The van der Waals surface area contributed by atoms with E-state index in [1.807, 2.05) is 100 Å². The van der Waals surface area contributed by atoms with E-state index in [9.17, 15) is 9.59 Å². The number of carbonyl (C=O) groups excluding carboxylic acids is 2. The summed E-state index contributed by atoms with van der Waals surface area (Å²) in [6.07, 6.45) is 4.36. The van der Waals surface area contributed by atoms with Gasteiger partial charge in [0.2, 0.25) is 0 Å². The maximum absolute atomic E-state index is 13.3. The molecule has 0 spiro atoms. The Kier molecular flexibility index (Phi) is 8.85. The van der Waals surface area contributed by atoms with Gasteiger partial charge in [-0.3, -0.25) is 9.59 Å². The zero-order valence-corrected chi connectivity index (χ0v) is 22.0. The summed E-state index contributed by atoms with van der Waals surface area (Å²) in [6.45, 7) is 3.30. The van der Waals surface area contributed by atoms with Gasteiger partial charge in [0.15, 0.2) is 0 Å². The Morgan fingerprint density at radius 3 is 2.24 bits per heavy atom. The molecular formula is C31H33N5O2. The van der Waals surface area contributed by atoms with Gasteiger partial charge in [0.05, 0.1) is 5.69 Å². The van der Waals surface area contributed by atoms with Gasteiger partial charge in [-0.1, -0.05) is 66.2 Å². The quantitative estimate of drug-likeness (QED) is 0.241. The van der Waals surface area contributed by atoms with Crippen LogP contribution in [0.1, 0.15) is 27.9 Å². The number of aromatic nitrogens is 2. The highest BCUT2D eigenvalue weighted by atomic mass is 16.2. The summed E-state index contributed by atoms with van der Waals surface area (Å²) >= 11 is 0. The Morgan fingerprint density at radius 1 is 0.921 bits per heavy atom. The molecule has 0 atom stereocenters. The minimum absolute atomic E-state index is 0.158. The predicted molar refractivity (Wildman–Crippen MR) is 152 cm³/mol. The van der Waals surface area contributed by atoms with Gasteiger partial charge in [-0.25, -0.2) is 4.68 Å². The van der Waals surface area contributed by atoms with Gasteiger partial charge in [0.25, 0.3) is 11.8 Å². The van der Waals surface area contributed by atoms with Crippen LogP contribution in [0.2, 0.25) is 0 Å². The maximum atomic E-state index is 13.3. The number of para-hydroxylation sites is 1. The van der Waals surface area contributed by atoms with Crippen molar-refractivity contribution in [2.45, 2.75) is 13.3 Å². The number of hydrogen-bond donors (Lipinski definition) is 2. The third-order valence-corrected chi connectivity index (χ3v) is 5.98. The number of nitrogens with one attached hydrogen (secondary N) is 2. The molecule has 0 unspecified atom stereocenters. The molecule has 2 N–H and O–H groups in total. The Balaban J connectivity index is 1.71. The molecule has 0 bridgehead atoms. The molecule has 2 amide bonds. The first-order valence-electron chi connectivity index (χ1n) is 12.6. The second-order valence-corrected chi connectivity index (χ2v) is 9.37. The second kappa shape index (κ2) is 12.7. The molecule has 0 saturated heterocycles. The van der Waals surface area contributed by atoms with Crippen LogP contribution in [0.5, 0.6) is 0 Å². The van der Waals surface area contributed by atoms with Crippen molar-refractivity contribution < 1.29 is 9.59 Å². The first-order valence-corrected chi connectivity index (χ1v) is 12.6.